The van der Waals surface area contributed by atoms with Crippen molar-refractivity contribution in [3.8, 4) is 0 Å². The molecule has 0 saturated heterocycles. The van der Waals surface area contributed by atoms with Crippen molar-refractivity contribution in [3.63, 3.8) is 0 Å². The van der Waals surface area contributed by atoms with Crippen molar-refractivity contribution in [2.24, 2.45) is 23.5 Å². The van der Waals surface area contributed by atoms with Crippen LogP contribution < -0.4 is 27.2 Å². The largest absolute Gasteiger partial charge is 0.369 e. The summed E-state index contributed by atoms with van der Waals surface area (Å²) in [5.74, 6) is -1.88. The highest BCUT2D eigenvalue weighted by Crippen LogP contribution is 2.49. The summed E-state index contributed by atoms with van der Waals surface area (Å²) in [6.07, 6.45) is 2.26. The number of fused-ring (bicyclic) bond motifs is 2. The summed E-state index contributed by atoms with van der Waals surface area (Å²) in [6, 6.07) is 6.43. The van der Waals surface area contributed by atoms with Gasteiger partial charge in [0.05, 0.1) is 24.9 Å². The average Bonchev–Trinajstić information content (AvgIpc) is 3.33. The fraction of sp³-hybridized carbons (Fsp3) is 0.429. The number of hydrogen-bond acceptors (Lipinski definition) is 7. The number of carbonyl (C=O) groups excluding carboxylic acids is 2. The van der Waals surface area contributed by atoms with Crippen LogP contribution >= 0.6 is 11.6 Å². The molecule has 1 heterocycles. The quantitative estimate of drug-likeness (QED) is 0.289. The molecular weight excluding hydrogens is 453 g/mol. The number of aromatic nitrogens is 2. The highest BCUT2D eigenvalue weighted by Gasteiger charge is 2.55. The SMILES string of the molecule is CONc1cccc(CNC(=O)NC2CC3CC2C(Nc2nc(Cl)ncc2F)C3C(N)=O)c1. The smallest absolute Gasteiger partial charge is 0.315 e. The van der Waals surface area contributed by atoms with Crippen LogP contribution in [0.2, 0.25) is 5.28 Å². The summed E-state index contributed by atoms with van der Waals surface area (Å²) in [5, 5.41) is 8.70. The van der Waals surface area contributed by atoms with Crippen LogP contribution in [0.25, 0.3) is 0 Å². The summed E-state index contributed by atoms with van der Waals surface area (Å²) < 4.78 is 14.2. The molecule has 33 heavy (non-hydrogen) atoms. The summed E-state index contributed by atoms with van der Waals surface area (Å²) >= 11 is 5.79. The van der Waals surface area contributed by atoms with Crippen molar-refractivity contribution in [3.05, 3.63) is 47.1 Å². The van der Waals surface area contributed by atoms with Gasteiger partial charge in [0.25, 0.3) is 0 Å². The minimum atomic E-state index is -0.683. The van der Waals surface area contributed by atoms with Crippen LogP contribution in [0.1, 0.15) is 18.4 Å². The lowest BCUT2D eigenvalue weighted by atomic mass is 9.81. The van der Waals surface area contributed by atoms with Gasteiger partial charge in [-0.3, -0.25) is 15.1 Å². The van der Waals surface area contributed by atoms with Gasteiger partial charge in [0.15, 0.2) is 11.6 Å². The van der Waals surface area contributed by atoms with Gasteiger partial charge in [-0.1, -0.05) is 12.1 Å². The zero-order valence-electron chi connectivity index (χ0n) is 17.8. The Morgan fingerprint density at radius 3 is 2.91 bits per heavy atom. The van der Waals surface area contributed by atoms with Crippen molar-refractivity contribution in [2.75, 3.05) is 17.9 Å². The van der Waals surface area contributed by atoms with Gasteiger partial charge in [0, 0.05) is 24.5 Å². The van der Waals surface area contributed by atoms with Gasteiger partial charge in [-0.15, -0.1) is 0 Å². The molecule has 2 saturated carbocycles. The molecule has 176 valence electrons. The number of hydrogen-bond donors (Lipinski definition) is 5. The number of urea groups is 1. The predicted octanol–water partition coefficient (Wildman–Crippen LogP) is 2.03. The molecule has 0 radical (unpaired) electrons. The van der Waals surface area contributed by atoms with E-state index in [-0.39, 0.29) is 35.0 Å². The Morgan fingerprint density at radius 1 is 1.33 bits per heavy atom. The summed E-state index contributed by atoms with van der Waals surface area (Å²) in [5.41, 5.74) is 10.0. The first kappa shape index (κ1) is 23.0. The number of carbonyl (C=O) groups is 2. The molecule has 2 aliphatic rings. The number of nitrogens with zero attached hydrogens (tertiary/aromatic N) is 2. The van der Waals surface area contributed by atoms with E-state index in [1.807, 2.05) is 24.3 Å². The zero-order valence-corrected chi connectivity index (χ0v) is 18.6. The molecular formula is C21H25ClFN7O3. The number of rotatable bonds is 8. The topological polar surface area (TPSA) is 143 Å². The van der Waals surface area contributed by atoms with Crippen molar-refractivity contribution in [2.45, 2.75) is 31.5 Å². The number of primary amides is 1. The lowest BCUT2D eigenvalue weighted by molar-refractivity contribution is -0.123. The van der Waals surface area contributed by atoms with Crippen LogP contribution in [0.5, 0.6) is 0 Å². The number of halogens is 2. The Balaban J connectivity index is 1.40. The highest BCUT2D eigenvalue weighted by atomic mass is 35.5. The average molecular weight is 478 g/mol. The zero-order chi connectivity index (χ0) is 23.5. The standard InChI is InChI=1S/C21H25ClFN7O3/c1-33-30-12-4-2-3-10(5-12)8-26-21(32)27-15-7-11-6-13(15)17(16(11)18(24)31)28-19-14(23)9-25-20(22)29-19/h2-5,9,11,13,15-17,30H,6-8H2,1H3,(H2,24,31)(H,25,28,29)(H2,26,27,32). The lowest BCUT2D eigenvalue weighted by Crippen LogP contribution is -2.53. The summed E-state index contributed by atoms with van der Waals surface area (Å²) in [7, 11) is 1.52. The molecule has 1 aromatic carbocycles. The second-order valence-electron chi connectivity index (χ2n) is 8.27. The molecule has 4 rings (SSSR count). The van der Waals surface area contributed by atoms with Crippen molar-refractivity contribution >= 4 is 35.0 Å². The lowest BCUT2D eigenvalue weighted by Gasteiger charge is -2.35. The van der Waals surface area contributed by atoms with E-state index < -0.39 is 23.7 Å². The molecule has 5 unspecified atom stereocenters. The number of nitrogens with one attached hydrogen (secondary N) is 4. The maximum atomic E-state index is 14.2. The van der Waals surface area contributed by atoms with E-state index in [2.05, 4.69) is 31.4 Å². The van der Waals surface area contributed by atoms with Gasteiger partial charge < -0.3 is 21.7 Å². The number of benzene rings is 1. The highest BCUT2D eigenvalue weighted by molar-refractivity contribution is 6.28. The monoisotopic (exact) mass is 477 g/mol. The third-order valence-electron chi connectivity index (χ3n) is 6.27. The van der Waals surface area contributed by atoms with Gasteiger partial charge in [0.2, 0.25) is 11.2 Å². The van der Waals surface area contributed by atoms with E-state index in [9.17, 15) is 14.0 Å². The minimum Gasteiger partial charge on any atom is -0.369 e. The maximum absolute atomic E-state index is 14.2. The van der Waals surface area contributed by atoms with Crippen LogP contribution in [0.4, 0.5) is 20.7 Å². The second-order valence-corrected chi connectivity index (χ2v) is 8.61. The molecule has 1 aromatic heterocycles. The minimum absolute atomic E-state index is 0.0209. The Labute approximate surface area is 194 Å². The van der Waals surface area contributed by atoms with E-state index in [1.165, 1.54) is 7.11 Å². The normalized spacial score (nSPS) is 25.5. The fourth-order valence-corrected chi connectivity index (χ4v) is 5.14. The van der Waals surface area contributed by atoms with Gasteiger partial charge in [-0.2, -0.15) is 4.98 Å². The van der Waals surface area contributed by atoms with Crippen LogP contribution in [0.3, 0.4) is 0 Å². The Hall–Kier alpha value is -3.18. The Morgan fingerprint density at radius 2 is 2.15 bits per heavy atom. The second kappa shape index (κ2) is 9.75. The maximum Gasteiger partial charge on any atom is 0.315 e. The molecule has 0 spiro atoms. The van der Waals surface area contributed by atoms with Crippen molar-refractivity contribution in [1.82, 2.24) is 20.6 Å². The van der Waals surface area contributed by atoms with Crippen molar-refractivity contribution in [1.29, 1.82) is 0 Å². The van der Waals surface area contributed by atoms with Crippen LogP contribution in [0.15, 0.2) is 30.5 Å². The third-order valence-corrected chi connectivity index (χ3v) is 6.45. The van der Waals surface area contributed by atoms with E-state index in [1.54, 1.807) is 0 Å². The molecule has 3 amide bonds. The number of amides is 3. The molecule has 12 heteroatoms. The van der Waals surface area contributed by atoms with Gasteiger partial charge in [-0.25, -0.2) is 14.2 Å². The Kier molecular flexibility index (Phi) is 6.80. The summed E-state index contributed by atoms with van der Waals surface area (Å²) in [4.78, 5) is 37.1. The Bertz CT molecular complexity index is 1040. The molecule has 2 fully saturated rings. The molecule has 2 aliphatic carbocycles. The first-order valence-corrected chi connectivity index (χ1v) is 10.9. The molecule has 6 N–H and O–H groups in total. The number of nitrogens with two attached hydrogens (primary N) is 1. The van der Waals surface area contributed by atoms with Gasteiger partial charge in [0.1, 0.15) is 0 Å². The first-order valence-electron chi connectivity index (χ1n) is 10.5. The first-order chi connectivity index (χ1) is 15.9. The van der Waals surface area contributed by atoms with E-state index in [0.29, 0.717) is 19.4 Å². The van der Waals surface area contributed by atoms with Crippen LogP contribution in [-0.2, 0) is 16.2 Å². The summed E-state index contributed by atoms with van der Waals surface area (Å²) in [6.45, 7) is 0.322. The molecule has 2 bridgehead atoms. The van der Waals surface area contributed by atoms with Gasteiger partial charge in [-0.05, 0) is 48.1 Å². The van der Waals surface area contributed by atoms with Crippen molar-refractivity contribution < 1.29 is 18.8 Å². The molecule has 5 atom stereocenters. The van der Waals surface area contributed by atoms with E-state index in [0.717, 1.165) is 17.4 Å². The fourth-order valence-electron chi connectivity index (χ4n) is 5.00. The predicted molar refractivity (Wildman–Crippen MR) is 120 cm³/mol. The van der Waals surface area contributed by atoms with E-state index in [4.69, 9.17) is 22.2 Å². The number of anilines is 2. The third kappa shape index (κ3) is 5.09. The van der Waals surface area contributed by atoms with Crippen LogP contribution in [-0.4, -0.2) is 41.1 Å². The van der Waals surface area contributed by atoms with Crippen LogP contribution in [0, 0.1) is 23.6 Å². The molecule has 0 aliphatic heterocycles. The molecule has 10 nitrogen and oxygen atoms in total. The van der Waals surface area contributed by atoms with Gasteiger partial charge >= 0.3 is 6.03 Å². The van der Waals surface area contributed by atoms with E-state index >= 15 is 0 Å². The molecule has 2 aromatic rings.